The number of rotatable bonds is 3. The van der Waals surface area contributed by atoms with Crippen LogP contribution in [0.4, 0.5) is 5.69 Å². The van der Waals surface area contributed by atoms with Gasteiger partial charge in [0.05, 0.1) is 5.69 Å². The van der Waals surface area contributed by atoms with Gasteiger partial charge in [0.25, 0.3) is 10.0 Å². The van der Waals surface area contributed by atoms with E-state index in [9.17, 15) is 8.42 Å². The number of anilines is 1. The molecule has 1 aromatic heterocycles. The van der Waals surface area contributed by atoms with E-state index in [1.165, 1.54) is 0 Å². The molecule has 0 unspecified atom stereocenters. The number of aryl methyl sites for hydroxylation is 1. The highest BCUT2D eigenvalue weighted by Crippen LogP contribution is 2.24. The monoisotopic (exact) mass is 326 g/mol. The Morgan fingerprint density at radius 2 is 1.94 bits per heavy atom. The summed E-state index contributed by atoms with van der Waals surface area (Å²) in [5, 5.41) is 0. The van der Waals surface area contributed by atoms with Crippen LogP contribution in [0.25, 0.3) is 0 Å². The zero-order chi connectivity index (χ0) is 13.2. The second-order valence-electron chi connectivity index (χ2n) is 3.73. The topological polar surface area (TPSA) is 59.1 Å². The van der Waals surface area contributed by atoms with Crippen LogP contribution in [-0.2, 0) is 10.0 Å². The van der Waals surface area contributed by atoms with Gasteiger partial charge >= 0.3 is 0 Å². The molecular weight excluding hydrogens is 316 g/mol. The van der Waals surface area contributed by atoms with Crippen LogP contribution in [-0.4, -0.2) is 13.4 Å². The highest BCUT2D eigenvalue weighted by Gasteiger charge is 2.17. The molecule has 4 nitrogen and oxygen atoms in total. The van der Waals surface area contributed by atoms with Crippen molar-refractivity contribution in [3.63, 3.8) is 0 Å². The number of nitrogens with zero attached hydrogens (tertiary/aromatic N) is 1. The summed E-state index contributed by atoms with van der Waals surface area (Å²) in [5.41, 5.74) is 1.30. The van der Waals surface area contributed by atoms with Crippen LogP contribution >= 0.6 is 15.9 Å². The van der Waals surface area contributed by atoms with Crippen LogP contribution in [0.5, 0.6) is 0 Å². The van der Waals surface area contributed by atoms with Gasteiger partial charge in [0.1, 0.15) is 4.90 Å². The first kappa shape index (κ1) is 13.0. The van der Waals surface area contributed by atoms with Crippen molar-refractivity contribution in [3.8, 4) is 0 Å². The van der Waals surface area contributed by atoms with E-state index in [1.54, 1.807) is 49.6 Å². The number of halogens is 1. The number of nitrogens with one attached hydrogen (secondary N) is 1. The van der Waals surface area contributed by atoms with Crippen LogP contribution in [0, 0.1) is 6.92 Å². The van der Waals surface area contributed by atoms with Gasteiger partial charge in [-0.15, -0.1) is 0 Å². The van der Waals surface area contributed by atoms with Crippen molar-refractivity contribution in [3.05, 3.63) is 52.8 Å². The standard InChI is InChI=1S/C12H11BrN2O2S/c1-9-8-14-7-6-11(9)15-18(16,17)12-5-3-2-4-10(12)13/h2-8H,1H3,(H,14,15). The fraction of sp³-hybridized carbons (Fsp3) is 0.0833. The lowest BCUT2D eigenvalue weighted by molar-refractivity contribution is 0.600. The molecule has 1 heterocycles. The molecule has 0 aliphatic carbocycles. The SMILES string of the molecule is Cc1cnccc1NS(=O)(=O)c1ccccc1Br. The average Bonchev–Trinajstić information content (AvgIpc) is 2.32. The Balaban J connectivity index is 2.40. The Bertz CT molecular complexity index is 671. The minimum Gasteiger partial charge on any atom is -0.279 e. The summed E-state index contributed by atoms with van der Waals surface area (Å²) < 4.78 is 27.5. The maximum Gasteiger partial charge on any atom is 0.263 e. The van der Waals surface area contributed by atoms with Crippen LogP contribution < -0.4 is 4.72 Å². The molecule has 0 radical (unpaired) electrons. The average molecular weight is 327 g/mol. The summed E-state index contributed by atoms with van der Waals surface area (Å²) in [6.07, 6.45) is 3.16. The van der Waals surface area contributed by atoms with Crippen molar-refractivity contribution >= 4 is 31.6 Å². The van der Waals surface area contributed by atoms with Crippen molar-refractivity contribution in [2.75, 3.05) is 4.72 Å². The Morgan fingerprint density at radius 1 is 1.22 bits per heavy atom. The third-order valence-corrected chi connectivity index (χ3v) is 4.77. The molecule has 2 rings (SSSR count). The number of pyridine rings is 1. The smallest absolute Gasteiger partial charge is 0.263 e. The molecule has 0 fully saturated rings. The van der Waals surface area contributed by atoms with E-state index in [4.69, 9.17) is 0 Å². The quantitative estimate of drug-likeness (QED) is 0.943. The highest BCUT2D eigenvalue weighted by molar-refractivity contribution is 9.10. The Kier molecular flexibility index (Phi) is 3.68. The molecule has 0 bridgehead atoms. The normalized spacial score (nSPS) is 11.2. The molecule has 18 heavy (non-hydrogen) atoms. The van der Waals surface area contributed by atoms with Crippen molar-refractivity contribution in [2.24, 2.45) is 0 Å². The summed E-state index contributed by atoms with van der Waals surface area (Å²) in [4.78, 5) is 4.13. The van der Waals surface area contributed by atoms with Gasteiger partial charge in [-0.2, -0.15) is 0 Å². The number of aromatic nitrogens is 1. The molecule has 0 spiro atoms. The molecule has 2 aromatic rings. The maximum absolute atomic E-state index is 12.2. The molecule has 0 amide bonds. The minimum absolute atomic E-state index is 0.209. The predicted molar refractivity (Wildman–Crippen MR) is 73.9 cm³/mol. The van der Waals surface area contributed by atoms with Crippen LogP contribution in [0.15, 0.2) is 52.1 Å². The van der Waals surface area contributed by atoms with Gasteiger partial charge in [0, 0.05) is 16.9 Å². The number of benzene rings is 1. The van der Waals surface area contributed by atoms with Crippen molar-refractivity contribution in [2.45, 2.75) is 11.8 Å². The zero-order valence-corrected chi connectivity index (χ0v) is 12.0. The van der Waals surface area contributed by atoms with E-state index in [0.29, 0.717) is 10.2 Å². The molecule has 1 N–H and O–H groups in total. The Morgan fingerprint density at radius 3 is 2.61 bits per heavy atom. The zero-order valence-electron chi connectivity index (χ0n) is 9.59. The fourth-order valence-corrected chi connectivity index (χ4v) is 3.59. The number of sulfonamides is 1. The predicted octanol–water partition coefficient (Wildman–Crippen LogP) is 2.95. The molecule has 0 saturated carbocycles. The van der Waals surface area contributed by atoms with E-state index in [2.05, 4.69) is 25.6 Å². The van der Waals surface area contributed by atoms with Crippen LogP contribution in [0.2, 0.25) is 0 Å². The summed E-state index contributed by atoms with van der Waals surface area (Å²) in [7, 11) is -3.59. The lowest BCUT2D eigenvalue weighted by Gasteiger charge is -2.10. The number of hydrogen-bond donors (Lipinski definition) is 1. The van der Waals surface area contributed by atoms with E-state index < -0.39 is 10.0 Å². The molecule has 94 valence electrons. The largest absolute Gasteiger partial charge is 0.279 e. The first-order valence-electron chi connectivity index (χ1n) is 5.18. The van der Waals surface area contributed by atoms with Crippen molar-refractivity contribution < 1.29 is 8.42 Å². The lowest BCUT2D eigenvalue weighted by Crippen LogP contribution is -2.14. The minimum atomic E-state index is -3.59. The second-order valence-corrected chi connectivity index (χ2v) is 6.23. The van der Waals surface area contributed by atoms with Gasteiger partial charge < -0.3 is 0 Å². The second kappa shape index (κ2) is 5.07. The van der Waals surface area contributed by atoms with Gasteiger partial charge in [0.2, 0.25) is 0 Å². The fourth-order valence-electron chi connectivity index (χ4n) is 1.45. The molecule has 6 heteroatoms. The summed E-state index contributed by atoms with van der Waals surface area (Å²) in [6.45, 7) is 1.80. The first-order valence-corrected chi connectivity index (χ1v) is 7.46. The van der Waals surface area contributed by atoms with Crippen molar-refractivity contribution in [1.82, 2.24) is 4.98 Å². The molecule has 0 aliphatic heterocycles. The highest BCUT2D eigenvalue weighted by atomic mass is 79.9. The van der Waals surface area contributed by atoms with Gasteiger partial charge in [-0.3, -0.25) is 9.71 Å². The summed E-state index contributed by atoms with van der Waals surface area (Å²) in [5.74, 6) is 0. The van der Waals surface area contributed by atoms with Gasteiger partial charge in [-0.25, -0.2) is 8.42 Å². The van der Waals surface area contributed by atoms with Gasteiger partial charge in [0.15, 0.2) is 0 Å². The Hall–Kier alpha value is -1.40. The molecule has 1 aromatic carbocycles. The molecule has 0 saturated heterocycles. The van der Waals surface area contributed by atoms with Crippen molar-refractivity contribution in [1.29, 1.82) is 0 Å². The molecular formula is C12H11BrN2O2S. The number of hydrogen-bond acceptors (Lipinski definition) is 3. The molecule has 0 aliphatic rings. The van der Waals surface area contributed by atoms with Gasteiger partial charge in [-0.05, 0) is 46.6 Å². The lowest BCUT2D eigenvalue weighted by atomic mass is 10.3. The van der Waals surface area contributed by atoms with E-state index in [1.807, 2.05) is 0 Å². The maximum atomic E-state index is 12.2. The van der Waals surface area contributed by atoms with Crippen LogP contribution in [0.1, 0.15) is 5.56 Å². The third-order valence-electron chi connectivity index (χ3n) is 2.39. The molecule has 0 atom stereocenters. The summed E-state index contributed by atoms with van der Waals surface area (Å²) in [6, 6.07) is 8.31. The van der Waals surface area contributed by atoms with E-state index >= 15 is 0 Å². The van der Waals surface area contributed by atoms with E-state index in [-0.39, 0.29) is 4.90 Å². The van der Waals surface area contributed by atoms with Crippen LogP contribution in [0.3, 0.4) is 0 Å². The summed E-state index contributed by atoms with van der Waals surface area (Å²) >= 11 is 3.23. The Labute approximate surface area is 114 Å². The third kappa shape index (κ3) is 2.70. The van der Waals surface area contributed by atoms with Gasteiger partial charge in [-0.1, -0.05) is 12.1 Å². The first-order chi connectivity index (χ1) is 8.50. The van der Waals surface area contributed by atoms with E-state index in [0.717, 1.165) is 5.56 Å².